The van der Waals surface area contributed by atoms with Crippen molar-refractivity contribution in [2.24, 2.45) is 5.92 Å². The maximum absolute atomic E-state index is 11.7. The molecular weight excluding hydrogens is 290 g/mol. The van der Waals surface area contributed by atoms with Crippen LogP contribution in [0.25, 0.3) is 0 Å². The topological polar surface area (TPSA) is 92.5 Å². The van der Waals surface area contributed by atoms with Crippen molar-refractivity contribution in [1.29, 1.82) is 0 Å². The van der Waals surface area contributed by atoms with Gasteiger partial charge in [-0.1, -0.05) is 6.07 Å². The first-order chi connectivity index (χ1) is 9.84. The SMILES string of the molecule is CNC(=O)C1CCN(c2cccc(S(C)(=O)=O)c2N)CC1. The molecule has 2 rings (SSSR count). The van der Waals surface area contributed by atoms with E-state index in [-0.39, 0.29) is 16.7 Å². The fourth-order valence-corrected chi connectivity index (χ4v) is 3.55. The summed E-state index contributed by atoms with van der Waals surface area (Å²) in [5.74, 6) is 0.0815. The number of benzene rings is 1. The standard InChI is InChI=1S/C14H21N3O3S/c1-16-14(18)10-6-8-17(9-7-10)11-4-3-5-12(13(11)15)21(2,19)20/h3-5,10H,6-9,15H2,1-2H3,(H,16,18). The second-order valence-electron chi connectivity index (χ2n) is 5.34. The van der Waals surface area contributed by atoms with E-state index in [1.54, 1.807) is 13.1 Å². The summed E-state index contributed by atoms with van der Waals surface area (Å²) in [6, 6.07) is 5.04. The van der Waals surface area contributed by atoms with Crippen molar-refractivity contribution in [2.45, 2.75) is 17.7 Å². The van der Waals surface area contributed by atoms with Gasteiger partial charge in [0.2, 0.25) is 5.91 Å². The number of anilines is 2. The molecule has 21 heavy (non-hydrogen) atoms. The minimum atomic E-state index is -3.34. The van der Waals surface area contributed by atoms with E-state index in [1.165, 1.54) is 6.07 Å². The van der Waals surface area contributed by atoms with Gasteiger partial charge in [-0.15, -0.1) is 0 Å². The van der Waals surface area contributed by atoms with Gasteiger partial charge in [-0.2, -0.15) is 0 Å². The molecule has 0 aromatic heterocycles. The van der Waals surface area contributed by atoms with Crippen LogP contribution in [0.1, 0.15) is 12.8 Å². The Morgan fingerprint density at radius 3 is 2.48 bits per heavy atom. The number of nitrogens with one attached hydrogen (secondary N) is 1. The highest BCUT2D eigenvalue weighted by atomic mass is 32.2. The van der Waals surface area contributed by atoms with E-state index in [1.807, 2.05) is 11.0 Å². The van der Waals surface area contributed by atoms with E-state index < -0.39 is 9.84 Å². The van der Waals surface area contributed by atoms with Gasteiger partial charge < -0.3 is 16.0 Å². The van der Waals surface area contributed by atoms with Gasteiger partial charge in [0.25, 0.3) is 0 Å². The highest BCUT2D eigenvalue weighted by Crippen LogP contribution is 2.32. The quantitative estimate of drug-likeness (QED) is 0.799. The number of hydrogen-bond acceptors (Lipinski definition) is 5. The summed E-state index contributed by atoms with van der Waals surface area (Å²) >= 11 is 0. The Bertz CT molecular complexity index is 635. The number of hydrogen-bond donors (Lipinski definition) is 2. The van der Waals surface area contributed by atoms with E-state index in [0.29, 0.717) is 18.8 Å². The van der Waals surface area contributed by atoms with Crippen molar-refractivity contribution < 1.29 is 13.2 Å². The van der Waals surface area contributed by atoms with Crippen LogP contribution in [-0.2, 0) is 14.6 Å². The smallest absolute Gasteiger partial charge is 0.222 e. The predicted molar refractivity (Wildman–Crippen MR) is 83.0 cm³/mol. The second-order valence-corrected chi connectivity index (χ2v) is 7.32. The fourth-order valence-electron chi connectivity index (χ4n) is 2.72. The van der Waals surface area contributed by atoms with Gasteiger partial charge in [0.15, 0.2) is 9.84 Å². The van der Waals surface area contributed by atoms with Crippen LogP contribution < -0.4 is 16.0 Å². The molecule has 0 aliphatic carbocycles. The molecule has 0 spiro atoms. The molecule has 1 aliphatic rings. The number of nitrogen functional groups attached to an aromatic ring is 1. The van der Waals surface area contributed by atoms with Crippen LogP contribution in [0.4, 0.5) is 11.4 Å². The van der Waals surface area contributed by atoms with E-state index in [0.717, 1.165) is 24.8 Å². The molecule has 0 radical (unpaired) electrons. The summed E-state index contributed by atoms with van der Waals surface area (Å²) in [5.41, 5.74) is 7.04. The van der Waals surface area contributed by atoms with Crippen LogP contribution in [0.3, 0.4) is 0 Å². The van der Waals surface area contributed by atoms with E-state index in [9.17, 15) is 13.2 Å². The van der Waals surface area contributed by atoms with Crippen molar-refractivity contribution in [3.63, 3.8) is 0 Å². The normalized spacial score (nSPS) is 16.8. The van der Waals surface area contributed by atoms with Crippen LogP contribution in [0.15, 0.2) is 23.1 Å². The van der Waals surface area contributed by atoms with Gasteiger partial charge in [0.1, 0.15) is 0 Å². The van der Waals surface area contributed by atoms with E-state index in [4.69, 9.17) is 5.73 Å². The zero-order valence-electron chi connectivity index (χ0n) is 12.3. The Kier molecular flexibility index (Phi) is 4.41. The molecule has 1 aromatic rings. The molecule has 0 saturated carbocycles. The first-order valence-corrected chi connectivity index (χ1v) is 8.79. The summed E-state index contributed by atoms with van der Waals surface area (Å²) < 4.78 is 23.4. The number of sulfone groups is 1. The number of nitrogens with two attached hydrogens (primary N) is 1. The molecule has 0 unspecified atom stereocenters. The molecule has 3 N–H and O–H groups in total. The molecule has 1 aromatic carbocycles. The molecular formula is C14H21N3O3S. The molecule has 6 nitrogen and oxygen atoms in total. The summed E-state index contributed by atoms with van der Waals surface area (Å²) in [6.45, 7) is 1.38. The molecule has 1 fully saturated rings. The van der Waals surface area contributed by atoms with Crippen molar-refractivity contribution >= 4 is 27.1 Å². The third-order valence-electron chi connectivity index (χ3n) is 3.90. The van der Waals surface area contributed by atoms with Crippen molar-refractivity contribution in [2.75, 3.05) is 37.0 Å². The molecule has 1 aliphatic heterocycles. The average Bonchev–Trinajstić information content (AvgIpc) is 2.45. The lowest BCUT2D eigenvalue weighted by molar-refractivity contribution is -0.125. The Morgan fingerprint density at radius 2 is 1.95 bits per heavy atom. The van der Waals surface area contributed by atoms with Crippen molar-refractivity contribution in [3.05, 3.63) is 18.2 Å². The molecule has 1 saturated heterocycles. The van der Waals surface area contributed by atoms with Gasteiger partial charge in [-0.3, -0.25) is 4.79 Å². The minimum Gasteiger partial charge on any atom is -0.396 e. The van der Waals surface area contributed by atoms with Gasteiger partial charge in [0, 0.05) is 32.3 Å². The van der Waals surface area contributed by atoms with E-state index in [2.05, 4.69) is 5.32 Å². The molecule has 0 bridgehead atoms. The summed E-state index contributed by atoms with van der Waals surface area (Å²) in [4.78, 5) is 13.8. The molecule has 1 amide bonds. The number of para-hydroxylation sites is 1. The van der Waals surface area contributed by atoms with Crippen LogP contribution in [0.5, 0.6) is 0 Å². The first kappa shape index (κ1) is 15.6. The maximum atomic E-state index is 11.7. The average molecular weight is 311 g/mol. The minimum absolute atomic E-state index is 0.0190. The van der Waals surface area contributed by atoms with Crippen molar-refractivity contribution in [1.82, 2.24) is 5.32 Å². The molecule has 1 heterocycles. The third kappa shape index (κ3) is 3.29. The number of rotatable bonds is 3. The lowest BCUT2D eigenvalue weighted by atomic mass is 9.95. The lowest BCUT2D eigenvalue weighted by Gasteiger charge is -2.33. The monoisotopic (exact) mass is 311 g/mol. The van der Waals surface area contributed by atoms with Crippen LogP contribution >= 0.6 is 0 Å². The van der Waals surface area contributed by atoms with Gasteiger partial charge in [-0.05, 0) is 25.0 Å². The fraction of sp³-hybridized carbons (Fsp3) is 0.500. The van der Waals surface area contributed by atoms with Crippen LogP contribution in [0, 0.1) is 5.92 Å². The largest absolute Gasteiger partial charge is 0.396 e. The van der Waals surface area contributed by atoms with Gasteiger partial charge in [-0.25, -0.2) is 8.42 Å². The Balaban J connectivity index is 2.20. The second kappa shape index (κ2) is 5.93. The highest BCUT2D eigenvalue weighted by Gasteiger charge is 2.26. The van der Waals surface area contributed by atoms with Crippen molar-refractivity contribution in [3.8, 4) is 0 Å². The van der Waals surface area contributed by atoms with Crippen LogP contribution in [0.2, 0.25) is 0 Å². The Hall–Kier alpha value is -1.76. The Labute approximate surface area is 125 Å². The van der Waals surface area contributed by atoms with Gasteiger partial charge in [0.05, 0.1) is 16.3 Å². The maximum Gasteiger partial charge on any atom is 0.222 e. The summed E-state index contributed by atoms with van der Waals surface area (Å²) in [6.07, 6.45) is 2.63. The number of carbonyl (C=O) groups is 1. The lowest BCUT2D eigenvalue weighted by Crippen LogP contribution is -2.39. The summed E-state index contributed by atoms with van der Waals surface area (Å²) in [7, 11) is -1.70. The molecule has 0 atom stereocenters. The summed E-state index contributed by atoms with van der Waals surface area (Å²) in [5, 5.41) is 2.67. The number of carbonyl (C=O) groups excluding carboxylic acids is 1. The number of nitrogens with zero attached hydrogens (tertiary/aromatic N) is 1. The highest BCUT2D eigenvalue weighted by molar-refractivity contribution is 7.90. The van der Waals surface area contributed by atoms with E-state index >= 15 is 0 Å². The number of amides is 1. The zero-order valence-corrected chi connectivity index (χ0v) is 13.1. The van der Waals surface area contributed by atoms with Gasteiger partial charge >= 0.3 is 0 Å². The zero-order chi connectivity index (χ0) is 15.6. The first-order valence-electron chi connectivity index (χ1n) is 6.89. The predicted octanol–water partition coefficient (Wildman–Crippen LogP) is 0.635. The molecule has 7 heteroatoms. The van der Waals surface area contributed by atoms with Crippen LogP contribution in [-0.4, -0.2) is 40.7 Å². The number of piperidine rings is 1. The Morgan fingerprint density at radius 1 is 1.33 bits per heavy atom. The third-order valence-corrected chi connectivity index (χ3v) is 5.05. The molecule has 116 valence electrons.